The molecule has 0 radical (unpaired) electrons. The highest BCUT2D eigenvalue weighted by Crippen LogP contribution is 2.17. The van der Waals surface area contributed by atoms with E-state index in [9.17, 15) is 0 Å². The van der Waals surface area contributed by atoms with E-state index in [-0.39, 0.29) is 0 Å². The van der Waals surface area contributed by atoms with Gasteiger partial charge in [0, 0.05) is 23.1 Å². The van der Waals surface area contributed by atoms with E-state index < -0.39 is 0 Å². The molecule has 3 rings (SSSR count). The second-order valence-electron chi connectivity index (χ2n) is 4.26. The van der Waals surface area contributed by atoms with Gasteiger partial charge >= 0.3 is 0 Å². The maximum Gasteiger partial charge on any atom is 0.289 e. The molecule has 3 aromatic rings. The number of hydrogen-bond donors (Lipinski definition) is 1. The molecule has 0 aliphatic rings. The van der Waals surface area contributed by atoms with Crippen molar-refractivity contribution in [2.45, 2.75) is 6.67 Å². The van der Waals surface area contributed by atoms with Crippen molar-refractivity contribution in [2.24, 2.45) is 0 Å². The first-order valence-corrected chi connectivity index (χ1v) is 6.99. The van der Waals surface area contributed by atoms with Gasteiger partial charge in [0.05, 0.1) is 5.56 Å². The van der Waals surface area contributed by atoms with Gasteiger partial charge < -0.3 is 9.73 Å². The summed E-state index contributed by atoms with van der Waals surface area (Å²) in [6.07, 6.45) is 3.37. The first-order chi connectivity index (χ1) is 10.2. The van der Waals surface area contributed by atoms with Gasteiger partial charge in [-0.25, -0.2) is 4.68 Å². The van der Waals surface area contributed by atoms with Gasteiger partial charge in [0.25, 0.3) is 4.84 Å². The van der Waals surface area contributed by atoms with Crippen molar-refractivity contribution >= 4 is 29.5 Å². The Bertz CT molecular complexity index is 783. The topological polar surface area (TPSA) is 55.9 Å². The third-order valence-electron chi connectivity index (χ3n) is 2.79. The summed E-state index contributed by atoms with van der Waals surface area (Å²) in [5, 5.41) is 8.22. The number of nitrogens with one attached hydrogen (secondary N) is 1. The number of halogens is 1. The van der Waals surface area contributed by atoms with Crippen LogP contribution in [0.4, 0.5) is 5.69 Å². The fraction of sp³-hybridized carbons (Fsp3) is 0.0714. The van der Waals surface area contributed by atoms with Gasteiger partial charge in [-0.3, -0.25) is 4.98 Å². The van der Waals surface area contributed by atoms with Gasteiger partial charge in [0.2, 0.25) is 5.89 Å². The largest absolute Gasteiger partial charge is 0.409 e. The number of benzene rings is 1. The number of anilines is 1. The number of pyridine rings is 1. The zero-order valence-corrected chi connectivity index (χ0v) is 12.4. The maximum atomic E-state index is 5.84. The first-order valence-electron chi connectivity index (χ1n) is 6.20. The molecular weight excluding hydrogens is 308 g/mol. The van der Waals surface area contributed by atoms with Crippen molar-refractivity contribution < 1.29 is 4.42 Å². The smallest absolute Gasteiger partial charge is 0.289 e. The van der Waals surface area contributed by atoms with Crippen LogP contribution in [-0.2, 0) is 6.67 Å². The van der Waals surface area contributed by atoms with Gasteiger partial charge in [0.15, 0.2) is 0 Å². The Hall–Kier alpha value is -2.18. The van der Waals surface area contributed by atoms with Crippen LogP contribution < -0.4 is 5.32 Å². The van der Waals surface area contributed by atoms with Crippen LogP contribution in [0, 0.1) is 4.84 Å². The van der Waals surface area contributed by atoms with Crippen molar-refractivity contribution in [3.8, 4) is 11.5 Å². The molecule has 0 amide bonds. The molecule has 1 aromatic carbocycles. The molecule has 0 saturated carbocycles. The van der Waals surface area contributed by atoms with Crippen LogP contribution in [0.25, 0.3) is 11.5 Å². The summed E-state index contributed by atoms with van der Waals surface area (Å²) in [7, 11) is 0. The molecule has 2 aromatic heterocycles. The molecule has 7 heteroatoms. The maximum absolute atomic E-state index is 5.84. The quantitative estimate of drug-likeness (QED) is 0.737. The Morgan fingerprint density at radius 2 is 2.05 bits per heavy atom. The van der Waals surface area contributed by atoms with Crippen LogP contribution in [-0.4, -0.2) is 14.8 Å². The van der Waals surface area contributed by atoms with E-state index in [2.05, 4.69) is 15.4 Å². The van der Waals surface area contributed by atoms with Crippen LogP contribution in [0.3, 0.4) is 0 Å². The summed E-state index contributed by atoms with van der Waals surface area (Å²) >= 11 is 11.0. The SMILES string of the molecule is S=c1oc(-c2cccnc2)nn1CNc1ccc(Cl)cc1. The molecule has 0 aliphatic carbocycles. The minimum atomic E-state index is 0.301. The lowest BCUT2D eigenvalue weighted by molar-refractivity contribution is 0.522. The predicted molar refractivity (Wildman–Crippen MR) is 83.6 cm³/mol. The predicted octanol–water partition coefficient (Wildman–Crippen LogP) is 3.99. The third-order valence-corrected chi connectivity index (χ3v) is 3.34. The van der Waals surface area contributed by atoms with Gasteiger partial charge in [-0.15, -0.1) is 5.10 Å². The molecule has 2 heterocycles. The first kappa shape index (κ1) is 13.8. The van der Waals surface area contributed by atoms with E-state index in [1.54, 1.807) is 17.1 Å². The Balaban J connectivity index is 1.76. The number of rotatable bonds is 4. The molecule has 0 aliphatic heterocycles. The van der Waals surface area contributed by atoms with Crippen LogP contribution >= 0.6 is 23.8 Å². The average molecular weight is 319 g/mol. The van der Waals surface area contributed by atoms with Crippen molar-refractivity contribution in [3.63, 3.8) is 0 Å². The number of nitrogens with zero attached hydrogens (tertiary/aromatic N) is 3. The highest BCUT2D eigenvalue weighted by atomic mass is 35.5. The molecule has 0 atom stereocenters. The van der Waals surface area contributed by atoms with Gasteiger partial charge in [-0.1, -0.05) is 11.6 Å². The Morgan fingerprint density at radius 3 is 2.76 bits per heavy atom. The minimum absolute atomic E-state index is 0.301. The summed E-state index contributed by atoms with van der Waals surface area (Å²) in [5.74, 6) is 0.450. The summed E-state index contributed by atoms with van der Waals surface area (Å²) in [6.45, 7) is 0.407. The van der Waals surface area contributed by atoms with Gasteiger partial charge in [-0.2, -0.15) is 0 Å². The molecule has 1 N–H and O–H groups in total. The highest BCUT2D eigenvalue weighted by molar-refractivity contribution is 7.71. The third kappa shape index (κ3) is 3.29. The molecule has 5 nitrogen and oxygen atoms in total. The van der Waals surface area contributed by atoms with E-state index in [4.69, 9.17) is 28.2 Å². The zero-order valence-electron chi connectivity index (χ0n) is 10.9. The molecule has 0 spiro atoms. The van der Waals surface area contributed by atoms with E-state index in [1.807, 2.05) is 36.4 Å². The Kier molecular flexibility index (Phi) is 3.98. The molecule has 21 heavy (non-hydrogen) atoms. The molecular formula is C14H11ClN4OS. The fourth-order valence-corrected chi connectivity index (χ4v) is 2.06. The van der Waals surface area contributed by atoms with Crippen LogP contribution in [0.5, 0.6) is 0 Å². The highest BCUT2D eigenvalue weighted by Gasteiger charge is 2.07. The fourth-order valence-electron chi connectivity index (χ4n) is 1.75. The summed E-state index contributed by atoms with van der Waals surface area (Å²) < 4.78 is 7.05. The normalized spacial score (nSPS) is 10.5. The van der Waals surface area contributed by atoms with Crippen LogP contribution in [0.15, 0.2) is 53.2 Å². The van der Waals surface area contributed by atoms with Crippen molar-refractivity contribution in [1.82, 2.24) is 14.8 Å². The van der Waals surface area contributed by atoms with Gasteiger partial charge in [0.1, 0.15) is 6.67 Å². The van der Waals surface area contributed by atoms with Crippen LogP contribution in [0.2, 0.25) is 5.02 Å². The van der Waals surface area contributed by atoms with Crippen LogP contribution in [0.1, 0.15) is 0 Å². The second-order valence-corrected chi connectivity index (χ2v) is 5.04. The van der Waals surface area contributed by atoms with Crippen molar-refractivity contribution in [3.05, 3.63) is 58.7 Å². The minimum Gasteiger partial charge on any atom is -0.409 e. The Labute approximate surface area is 131 Å². The summed E-state index contributed by atoms with van der Waals surface area (Å²) in [6, 6.07) is 11.1. The second kappa shape index (κ2) is 6.07. The van der Waals surface area contributed by atoms with Crippen molar-refractivity contribution in [2.75, 3.05) is 5.32 Å². The van der Waals surface area contributed by atoms with Gasteiger partial charge in [-0.05, 0) is 48.6 Å². The summed E-state index contributed by atoms with van der Waals surface area (Å²) in [5.41, 5.74) is 1.71. The van der Waals surface area contributed by atoms with E-state index in [0.717, 1.165) is 11.3 Å². The average Bonchev–Trinajstić information content (AvgIpc) is 2.89. The lowest BCUT2D eigenvalue weighted by atomic mass is 10.3. The van der Waals surface area contributed by atoms with E-state index in [1.165, 1.54) is 0 Å². The lowest BCUT2D eigenvalue weighted by Crippen LogP contribution is -2.09. The zero-order chi connectivity index (χ0) is 14.7. The molecule has 0 fully saturated rings. The summed E-state index contributed by atoms with van der Waals surface area (Å²) in [4.78, 5) is 4.33. The number of hydrogen-bond acceptors (Lipinski definition) is 5. The Morgan fingerprint density at radius 1 is 1.24 bits per heavy atom. The van der Waals surface area contributed by atoms with E-state index >= 15 is 0 Å². The monoisotopic (exact) mass is 318 g/mol. The van der Waals surface area contributed by atoms with E-state index in [0.29, 0.717) is 22.4 Å². The molecule has 0 bridgehead atoms. The molecule has 106 valence electrons. The lowest BCUT2D eigenvalue weighted by Gasteiger charge is -2.05. The molecule has 0 unspecified atom stereocenters. The number of aromatic nitrogens is 3. The molecule has 0 saturated heterocycles. The van der Waals surface area contributed by atoms with Crippen molar-refractivity contribution in [1.29, 1.82) is 0 Å². The standard InChI is InChI=1S/C14H11ClN4OS/c15-11-3-5-12(6-4-11)17-9-19-14(21)20-13(18-19)10-2-1-7-16-8-10/h1-8,17H,9H2.